The second kappa shape index (κ2) is 9.67. The number of benzene rings is 2. The molecule has 2 amide bonds. The van der Waals surface area contributed by atoms with E-state index in [1.807, 2.05) is 6.92 Å². The lowest BCUT2D eigenvalue weighted by Crippen LogP contribution is -2.18. The van der Waals surface area contributed by atoms with Crippen LogP contribution in [0.3, 0.4) is 0 Å². The maximum Gasteiger partial charge on any atom is 0.417 e. The average Bonchev–Trinajstić information content (AvgIpc) is 3.16. The highest BCUT2D eigenvalue weighted by Gasteiger charge is 2.35. The van der Waals surface area contributed by atoms with Gasteiger partial charge in [-0.25, -0.2) is 0 Å². The van der Waals surface area contributed by atoms with Crippen molar-refractivity contribution in [1.29, 1.82) is 0 Å². The summed E-state index contributed by atoms with van der Waals surface area (Å²) in [6, 6.07) is 9.59. The standard InChI is InChI=1S/C19H14ClF3N4O2S2/c1-10-6-7-11(8-14(10)20)24-15(28)9-30-18-27-26-17(31-18)25-16(29)12-4-2-3-5-13(12)19(21,22)23/h2-8H,9H2,1H3,(H,24,28)(H,25,26,29). The van der Waals surface area contributed by atoms with Gasteiger partial charge >= 0.3 is 6.18 Å². The number of aromatic nitrogens is 2. The SMILES string of the molecule is Cc1ccc(NC(=O)CSc2nnc(NC(=O)c3ccccc3C(F)(F)F)s2)cc1Cl. The molecule has 0 bridgehead atoms. The van der Waals surface area contributed by atoms with E-state index in [-0.39, 0.29) is 16.8 Å². The van der Waals surface area contributed by atoms with Crippen molar-refractivity contribution in [2.24, 2.45) is 0 Å². The molecule has 0 spiro atoms. The van der Waals surface area contributed by atoms with Crippen LogP contribution in [0.15, 0.2) is 46.8 Å². The second-order valence-electron chi connectivity index (χ2n) is 6.17. The number of alkyl halides is 3. The molecule has 0 fully saturated rings. The first-order chi connectivity index (χ1) is 14.6. The van der Waals surface area contributed by atoms with Gasteiger partial charge < -0.3 is 5.32 Å². The van der Waals surface area contributed by atoms with Crippen molar-refractivity contribution < 1.29 is 22.8 Å². The predicted molar refractivity (Wildman–Crippen MR) is 115 cm³/mol. The van der Waals surface area contributed by atoms with Gasteiger partial charge in [0.1, 0.15) is 0 Å². The van der Waals surface area contributed by atoms with Gasteiger partial charge in [-0.3, -0.25) is 14.9 Å². The first-order valence-electron chi connectivity index (χ1n) is 8.63. The monoisotopic (exact) mass is 486 g/mol. The third-order valence-corrected chi connectivity index (χ3v) is 6.27. The summed E-state index contributed by atoms with van der Waals surface area (Å²) in [5.74, 6) is -1.23. The van der Waals surface area contributed by atoms with Gasteiger partial charge in [-0.15, -0.1) is 10.2 Å². The van der Waals surface area contributed by atoms with E-state index in [0.29, 0.717) is 15.0 Å². The van der Waals surface area contributed by atoms with E-state index in [2.05, 4.69) is 20.8 Å². The second-order valence-corrected chi connectivity index (χ2v) is 8.78. The lowest BCUT2D eigenvalue weighted by Gasteiger charge is -2.11. The van der Waals surface area contributed by atoms with E-state index >= 15 is 0 Å². The fraction of sp³-hybridized carbons (Fsp3) is 0.158. The number of amides is 2. The van der Waals surface area contributed by atoms with Crippen LogP contribution in [0.4, 0.5) is 24.0 Å². The molecule has 0 saturated carbocycles. The summed E-state index contributed by atoms with van der Waals surface area (Å²) in [5.41, 5.74) is -0.125. The number of nitrogens with one attached hydrogen (secondary N) is 2. The Labute approximate surface area is 188 Å². The van der Waals surface area contributed by atoms with Crippen LogP contribution in [0.25, 0.3) is 0 Å². The highest BCUT2D eigenvalue weighted by molar-refractivity contribution is 8.01. The van der Waals surface area contributed by atoms with E-state index < -0.39 is 23.2 Å². The van der Waals surface area contributed by atoms with Gasteiger partial charge in [-0.2, -0.15) is 13.2 Å². The van der Waals surface area contributed by atoms with E-state index in [9.17, 15) is 22.8 Å². The molecule has 1 heterocycles. The number of aryl methyl sites for hydroxylation is 1. The summed E-state index contributed by atoms with van der Waals surface area (Å²) in [7, 11) is 0. The number of carbonyl (C=O) groups excluding carboxylic acids is 2. The van der Waals surface area contributed by atoms with Crippen molar-refractivity contribution in [3.8, 4) is 0 Å². The molecule has 0 aliphatic heterocycles. The zero-order valence-electron chi connectivity index (χ0n) is 15.8. The smallest absolute Gasteiger partial charge is 0.325 e. The quantitative estimate of drug-likeness (QED) is 0.355. The van der Waals surface area contributed by atoms with Gasteiger partial charge in [0.2, 0.25) is 11.0 Å². The number of hydrogen-bond donors (Lipinski definition) is 2. The fourth-order valence-electron chi connectivity index (χ4n) is 2.41. The van der Waals surface area contributed by atoms with Crippen LogP contribution in [0, 0.1) is 6.92 Å². The number of rotatable bonds is 6. The number of carbonyl (C=O) groups is 2. The maximum absolute atomic E-state index is 13.1. The van der Waals surface area contributed by atoms with E-state index in [1.54, 1.807) is 18.2 Å². The van der Waals surface area contributed by atoms with Crippen molar-refractivity contribution in [2.45, 2.75) is 17.4 Å². The number of nitrogens with zero attached hydrogens (tertiary/aromatic N) is 2. The zero-order chi connectivity index (χ0) is 22.6. The van der Waals surface area contributed by atoms with Crippen LogP contribution in [-0.2, 0) is 11.0 Å². The van der Waals surface area contributed by atoms with Gasteiger partial charge in [0.15, 0.2) is 4.34 Å². The van der Waals surface area contributed by atoms with Gasteiger partial charge in [-0.1, -0.05) is 52.9 Å². The predicted octanol–water partition coefficient (Wildman–Crippen LogP) is 5.50. The molecule has 0 unspecified atom stereocenters. The van der Waals surface area contributed by atoms with Crippen molar-refractivity contribution >= 4 is 57.3 Å². The van der Waals surface area contributed by atoms with Crippen molar-refractivity contribution in [3.05, 3.63) is 64.2 Å². The number of halogens is 4. The Balaban J connectivity index is 1.58. The third kappa shape index (κ3) is 6.18. The molecule has 3 rings (SSSR count). The van der Waals surface area contributed by atoms with Crippen LogP contribution in [0.1, 0.15) is 21.5 Å². The zero-order valence-corrected chi connectivity index (χ0v) is 18.2. The number of thioether (sulfide) groups is 1. The largest absolute Gasteiger partial charge is 0.417 e. The molecule has 0 aliphatic rings. The Hall–Kier alpha value is -2.63. The molecule has 0 atom stereocenters. The minimum Gasteiger partial charge on any atom is -0.325 e. The van der Waals surface area contributed by atoms with Crippen LogP contribution in [-0.4, -0.2) is 27.8 Å². The van der Waals surface area contributed by atoms with Gasteiger partial charge in [0.05, 0.1) is 16.9 Å². The minimum absolute atomic E-state index is 0.0188. The van der Waals surface area contributed by atoms with E-state index in [1.165, 1.54) is 12.1 Å². The Morgan fingerprint density at radius 1 is 1.13 bits per heavy atom. The lowest BCUT2D eigenvalue weighted by atomic mass is 10.1. The summed E-state index contributed by atoms with van der Waals surface area (Å²) >= 11 is 8.05. The van der Waals surface area contributed by atoms with Crippen LogP contribution in [0.5, 0.6) is 0 Å². The number of hydrogen-bond acceptors (Lipinski definition) is 6. The lowest BCUT2D eigenvalue weighted by molar-refractivity contribution is -0.137. The third-order valence-electron chi connectivity index (χ3n) is 3.89. The highest BCUT2D eigenvalue weighted by atomic mass is 35.5. The molecular formula is C19H14ClF3N4O2S2. The van der Waals surface area contributed by atoms with Crippen molar-refractivity contribution in [3.63, 3.8) is 0 Å². The molecular weight excluding hydrogens is 473 g/mol. The summed E-state index contributed by atoms with van der Waals surface area (Å²) in [5, 5.41) is 13.1. The van der Waals surface area contributed by atoms with E-state index in [0.717, 1.165) is 40.8 Å². The molecule has 1 aromatic heterocycles. The maximum atomic E-state index is 13.1. The topological polar surface area (TPSA) is 84.0 Å². The molecule has 2 aromatic carbocycles. The van der Waals surface area contributed by atoms with E-state index in [4.69, 9.17) is 11.6 Å². The Morgan fingerprint density at radius 2 is 1.87 bits per heavy atom. The Morgan fingerprint density at radius 3 is 2.58 bits per heavy atom. The summed E-state index contributed by atoms with van der Waals surface area (Å²) < 4.78 is 39.6. The van der Waals surface area contributed by atoms with Crippen LogP contribution < -0.4 is 10.6 Å². The molecule has 3 aromatic rings. The van der Waals surface area contributed by atoms with Crippen molar-refractivity contribution in [1.82, 2.24) is 10.2 Å². The first-order valence-corrected chi connectivity index (χ1v) is 10.8. The molecule has 0 radical (unpaired) electrons. The molecule has 2 N–H and O–H groups in total. The molecule has 31 heavy (non-hydrogen) atoms. The molecule has 12 heteroatoms. The molecule has 6 nitrogen and oxygen atoms in total. The van der Waals surface area contributed by atoms with Crippen LogP contribution in [0.2, 0.25) is 5.02 Å². The Bertz CT molecular complexity index is 1120. The first kappa shape index (κ1) is 23.0. The minimum atomic E-state index is -4.66. The average molecular weight is 487 g/mol. The summed E-state index contributed by atoms with van der Waals surface area (Å²) in [6.45, 7) is 1.84. The summed E-state index contributed by atoms with van der Waals surface area (Å²) in [4.78, 5) is 24.3. The van der Waals surface area contributed by atoms with Crippen molar-refractivity contribution in [2.75, 3.05) is 16.4 Å². The molecule has 0 saturated heterocycles. The molecule has 0 aliphatic carbocycles. The fourth-order valence-corrected chi connectivity index (χ4v) is 4.13. The summed E-state index contributed by atoms with van der Waals surface area (Å²) in [6.07, 6.45) is -4.66. The van der Waals surface area contributed by atoms with Gasteiger partial charge in [0.25, 0.3) is 5.91 Å². The normalized spacial score (nSPS) is 11.3. The highest BCUT2D eigenvalue weighted by Crippen LogP contribution is 2.33. The number of anilines is 2. The van der Waals surface area contributed by atoms with Gasteiger partial charge in [-0.05, 0) is 36.8 Å². The Kier molecular flexibility index (Phi) is 7.19. The van der Waals surface area contributed by atoms with Gasteiger partial charge in [0, 0.05) is 10.7 Å². The van der Waals surface area contributed by atoms with Crippen LogP contribution >= 0.6 is 34.7 Å². The molecule has 162 valence electrons.